The number of nitrogens with two attached hydrogens (primary N) is 1. The highest BCUT2D eigenvalue weighted by molar-refractivity contribution is 5.45. The monoisotopic (exact) mass is 248 g/mol. The summed E-state index contributed by atoms with van der Waals surface area (Å²) in [4.78, 5) is 9.45. The Labute approximate surface area is 110 Å². The third-order valence-electron chi connectivity index (χ3n) is 3.55. The first kappa shape index (κ1) is 13.3. The van der Waals surface area contributed by atoms with Gasteiger partial charge in [-0.2, -0.15) is 0 Å². The topological polar surface area (TPSA) is 45.4 Å². The number of anilines is 1. The SMILES string of the molecule is Cc1cccnc1N1CCCN(CCCN)CC1. The first-order valence-corrected chi connectivity index (χ1v) is 6.90. The number of rotatable bonds is 4. The minimum atomic E-state index is 0.791. The molecule has 0 aliphatic carbocycles. The molecule has 0 bridgehead atoms. The average molecular weight is 248 g/mol. The lowest BCUT2D eigenvalue weighted by Gasteiger charge is -2.23. The van der Waals surface area contributed by atoms with Crippen molar-refractivity contribution in [2.75, 3.05) is 44.2 Å². The molecule has 0 unspecified atom stereocenters. The van der Waals surface area contributed by atoms with E-state index < -0.39 is 0 Å². The highest BCUT2D eigenvalue weighted by atomic mass is 15.2. The van der Waals surface area contributed by atoms with E-state index in [1.807, 2.05) is 12.3 Å². The Morgan fingerprint density at radius 1 is 1.28 bits per heavy atom. The maximum absolute atomic E-state index is 5.58. The van der Waals surface area contributed by atoms with Crippen molar-refractivity contribution in [1.29, 1.82) is 0 Å². The van der Waals surface area contributed by atoms with Crippen LogP contribution in [0.25, 0.3) is 0 Å². The lowest BCUT2D eigenvalue weighted by atomic mass is 10.2. The average Bonchev–Trinajstić information content (AvgIpc) is 2.62. The van der Waals surface area contributed by atoms with Crippen molar-refractivity contribution in [2.45, 2.75) is 19.8 Å². The Morgan fingerprint density at radius 2 is 2.17 bits per heavy atom. The second-order valence-corrected chi connectivity index (χ2v) is 4.97. The third-order valence-corrected chi connectivity index (χ3v) is 3.55. The quantitative estimate of drug-likeness (QED) is 0.871. The summed E-state index contributed by atoms with van der Waals surface area (Å²) in [7, 11) is 0. The summed E-state index contributed by atoms with van der Waals surface area (Å²) in [6.07, 6.45) is 4.20. The first-order valence-electron chi connectivity index (χ1n) is 6.90. The minimum Gasteiger partial charge on any atom is -0.355 e. The van der Waals surface area contributed by atoms with Crippen molar-refractivity contribution >= 4 is 5.82 Å². The molecule has 1 fully saturated rings. The van der Waals surface area contributed by atoms with E-state index in [1.165, 1.54) is 18.5 Å². The maximum Gasteiger partial charge on any atom is 0.131 e. The van der Waals surface area contributed by atoms with Gasteiger partial charge in [-0.3, -0.25) is 0 Å². The number of hydrogen-bond acceptors (Lipinski definition) is 4. The molecule has 0 amide bonds. The molecule has 4 heteroatoms. The van der Waals surface area contributed by atoms with E-state index in [-0.39, 0.29) is 0 Å². The predicted molar refractivity (Wildman–Crippen MR) is 75.9 cm³/mol. The molecule has 0 saturated carbocycles. The van der Waals surface area contributed by atoms with Gasteiger partial charge in [0, 0.05) is 25.8 Å². The van der Waals surface area contributed by atoms with E-state index in [1.54, 1.807) is 0 Å². The number of pyridine rings is 1. The van der Waals surface area contributed by atoms with Gasteiger partial charge in [-0.05, 0) is 51.0 Å². The van der Waals surface area contributed by atoms with Crippen LogP contribution in [0.3, 0.4) is 0 Å². The Bertz CT molecular complexity index is 367. The number of nitrogens with zero attached hydrogens (tertiary/aromatic N) is 3. The second kappa shape index (κ2) is 6.71. The molecule has 2 rings (SSSR count). The lowest BCUT2D eigenvalue weighted by Crippen LogP contribution is -2.32. The van der Waals surface area contributed by atoms with Gasteiger partial charge in [-0.15, -0.1) is 0 Å². The zero-order valence-corrected chi connectivity index (χ0v) is 11.3. The summed E-state index contributed by atoms with van der Waals surface area (Å²) in [6.45, 7) is 8.54. The fourth-order valence-electron chi connectivity index (χ4n) is 2.53. The fraction of sp³-hybridized carbons (Fsp3) is 0.643. The van der Waals surface area contributed by atoms with E-state index in [9.17, 15) is 0 Å². The van der Waals surface area contributed by atoms with Crippen molar-refractivity contribution in [1.82, 2.24) is 9.88 Å². The van der Waals surface area contributed by atoms with Crippen molar-refractivity contribution in [2.24, 2.45) is 5.73 Å². The minimum absolute atomic E-state index is 0.791. The molecule has 1 aliphatic heterocycles. The summed E-state index contributed by atoms with van der Waals surface area (Å²) >= 11 is 0. The predicted octanol–water partition coefficient (Wildman–Crippen LogP) is 1.25. The van der Waals surface area contributed by atoms with Gasteiger partial charge in [0.25, 0.3) is 0 Å². The molecule has 1 saturated heterocycles. The number of aromatic nitrogens is 1. The normalized spacial score (nSPS) is 17.8. The van der Waals surface area contributed by atoms with Gasteiger partial charge in [0.05, 0.1) is 0 Å². The van der Waals surface area contributed by atoms with Crippen molar-refractivity contribution < 1.29 is 0 Å². The van der Waals surface area contributed by atoms with Gasteiger partial charge < -0.3 is 15.5 Å². The van der Waals surface area contributed by atoms with Crippen LogP contribution < -0.4 is 10.6 Å². The largest absolute Gasteiger partial charge is 0.355 e. The maximum atomic E-state index is 5.58. The zero-order valence-electron chi connectivity index (χ0n) is 11.3. The van der Waals surface area contributed by atoms with Crippen LogP contribution in [0.1, 0.15) is 18.4 Å². The highest BCUT2D eigenvalue weighted by Crippen LogP contribution is 2.17. The Hall–Kier alpha value is -1.13. The Morgan fingerprint density at radius 3 is 2.94 bits per heavy atom. The van der Waals surface area contributed by atoms with Gasteiger partial charge in [0.15, 0.2) is 0 Å². The van der Waals surface area contributed by atoms with Gasteiger partial charge in [0.2, 0.25) is 0 Å². The lowest BCUT2D eigenvalue weighted by molar-refractivity contribution is 0.291. The van der Waals surface area contributed by atoms with Gasteiger partial charge in [0.1, 0.15) is 5.82 Å². The molecule has 0 spiro atoms. The van der Waals surface area contributed by atoms with Crippen LogP contribution in [0.5, 0.6) is 0 Å². The smallest absolute Gasteiger partial charge is 0.131 e. The summed E-state index contributed by atoms with van der Waals surface area (Å²) < 4.78 is 0. The van der Waals surface area contributed by atoms with Crippen LogP contribution in [-0.4, -0.2) is 49.2 Å². The van der Waals surface area contributed by atoms with Crippen LogP contribution in [0.15, 0.2) is 18.3 Å². The summed E-state index contributed by atoms with van der Waals surface area (Å²) in [6, 6.07) is 4.14. The van der Waals surface area contributed by atoms with Crippen molar-refractivity contribution in [3.63, 3.8) is 0 Å². The van der Waals surface area contributed by atoms with Crippen LogP contribution in [0.4, 0.5) is 5.82 Å². The van der Waals surface area contributed by atoms with E-state index in [0.29, 0.717) is 0 Å². The number of hydrogen-bond donors (Lipinski definition) is 1. The molecule has 0 radical (unpaired) electrons. The Kier molecular flexibility index (Phi) is 4.96. The van der Waals surface area contributed by atoms with Gasteiger partial charge in [-0.1, -0.05) is 6.07 Å². The highest BCUT2D eigenvalue weighted by Gasteiger charge is 2.16. The summed E-state index contributed by atoms with van der Waals surface area (Å²) in [5.41, 5.74) is 6.85. The van der Waals surface area contributed by atoms with E-state index in [4.69, 9.17) is 5.73 Å². The van der Waals surface area contributed by atoms with Crippen LogP contribution in [0.2, 0.25) is 0 Å². The molecule has 2 heterocycles. The van der Waals surface area contributed by atoms with Crippen LogP contribution >= 0.6 is 0 Å². The molecule has 0 atom stereocenters. The summed E-state index contributed by atoms with van der Waals surface area (Å²) in [5, 5.41) is 0. The molecular formula is C14H24N4. The van der Waals surface area contributed by atoms with E-state index >= 15 is 0 Å². The molecule has 4 nitrogen and oxygen atoms in total. The molecular weight excluding hydrogens is 224 g/mol. The fourth-order valence-corrected chi connectivity index (χ4v) is 2.53. The van der Waals surface area contributed by atoms with E-state index in [0.717, 1.165) is 45.0 Å². The first-order chi connectivity index (χ1) is 8.81. The molecule has 1 aromatic rings. The summed E-state index contributed by atoms with van der Waals surface area (Å²) in [5.74, 6) is 1.15. The third kappa shape index (κ3) is 3.43. The van der Waals surface area contributed by atoms with Crippen LogP contribution in [-0.2, 0) is 0 Å². The van der Waals surface area contributed by atoms with E-state index in [2.05, 4.69) is 27.8 Å². The molecule has 1 aromatic heterocycles. The molecule has 100 valence electrons. The molecule has 2 N–H and O–H groups in total. The Balaban J connectivity index is 1.95. The molecule has 1 aliphatic rings. The van der Waals surface area contributed by atoms with Crippen molar-refractivity contribution in [3.05, 3.63) is 23.9 Å². The van der Waals surface area contributed by atoms with Crippen molar-refractivity contribution in [3.8, 4) is 0 Å². The van der Waals surface area contributed by atoms with Gasteiger partial charge >= 0.3 is 0 Å². The number of aryl methyl sites for hydroxylation is 1. The standard InChI is InChI=1S/C14H24N4/c1-13-5-2-7-16-14(13)18-10-4-9-17(11-12-18)8-3-6-15/h2,5,7H,3-4,6,8-12,15H2,1H3. The van der Waals surface area contributed by atoms with Gasteiger partial charge in [-0.25, -0.2) is 4.98 Å². The molecule has 0 aromatic carbocycles. The zero-order chi connectivity index (χ0) is 12.8. The molecule has 18 heavy (non-hydrogen) atoms. The second-order valence-electron chi connectivity index (χ2n) is 4.97. The van der Waals surface area contributed by atoms with Crippen LogP contribution in [0, 0.1) is 6.92 Å².